The molecule has 0 amide bonds. The summed E-state index contributed by atoms with van der Waals surface area (Å²) in [7, 11) is 0. The Kier molecular flexibility index (Phi) is 4.05. The molecule has 0 aromatic heterocycles. The van der Waals surface area contributed by atoms with Crippen LogP contribution in [0.15, 0.2) is 0 Å². The number of fused-ring (bicyclic) bond motifs is 1. The van der Waals surface area contributed by atoms with Gasteiger partial charge in [-0.15, -0.1) is 0 Å². The van der Waals surface area contributed by atoms with Crippen molar-refractivity contribution in [1.29, 1.82) is 0 Å². The Morgan fingerprint density at radius 2 is 2.24 bits per heavy atom. The Hall–Kier alpha value is -0.610. The molecule has 2 aliphatic rings. The Labute approximate surface area is 103 Å². The number of hydrogen-bond donors (Lipinski definition) is 1. The maximum atomic E-state index is 11.7. The quantitative estimate of drug-likeness (QED) is 0.748. The van der Waals surface area contributed by atoms with E-state index >= 15 is 0 Å². The number of nitrogens with zero attached hydrogens (tertiary/aromatic N) is 1. The third kappa shape index (κ3) is 2.63. The molecule has 0 spiro atoms. The van der Waals surface area contributed by atoms with Crippen molar-refractivity contribution in [3.63, 3.8) is 0 Å². The van der Waals surface area contributed by atoms with Crippen molar-refractivity contribution in [2.24, 2.45) is 17.6 Å². The van der Waals surface area contributed by atoms with E-state index in [4.69, 9.17) is 10.5 Å². The zero-order valence-corrected chi connectivity index (χ0v) is 10.9. The number of ether oxygens (including phenoxy) is 1. The van der Waals surface area contributed by atoms with E-state index in [2.05, 4.69) is 4.90 Å². The number of hydrogen-bond acceptors (Lipinski definition) is 4. The van der Waals surface area contributed by atoms with E-state index in [1.165, 1.54) is 12.8 Å². The maximum Gasteiger partial charge on any atom is 0.323 e. The Morgan fingerprint density at radius 1 is 1.47 bits per heavy atom. The number of carbonyl (C=O) groups excluding carboxylic acids is 1. The van der Waals surface area contributed by atoms with Crippen LogP contribution < -0.4 is 5.73 Å². The van der Waals surface area contributed by atoms with Gasteiger partial charge in [0.05, 0.1) is 6.61 Å². The average Bonchev–Trinajstić information content (AvgIpc) is 2.73. The lowest BCUT2D eigenvalue weighted by molar-refractivity contribution is -0.148. The summed E-state index contributed by atoms with van der Waals surface area (Å²) in [5, 5.41) is 0. The van der Waals surface area contributed by atoms with Gasteiger partial charge in [-0.2, -0.15) is 0 Å². The predicted octanol–water partition coefficient (Wildman–Crippen LogP) is 0.997. The molecule has 2 rings (SSSR count). The summed E-state index contributed by atoms with van der Waals surface area (Å²) >= 11 is 0. The highest BCUT2D eigenvalue weighted by Gasteiger charge is 2.41. The first kappa shape index (κ1) is 12.8. The van der Waals surface area contributed by atoms with Crippen molar-refractivity contribution in [3.05, 3.63) is 0 Å². The van der Waals surface area contributed by atoms with E-state index in [0.717, 1.165) is 19.5 Å². The highest BCUT2D eigenvalue weighted by Crippen LogP contribution is 2.36. The van der Waals surface area contributed by atoms with Gasteiger partial charge in [0, 0.05) is 19.1 Å². The van der Waals surface area contributed by atoms with Gasteiger partial charge in [-0.05, 0) is 38.5 Å². The highest BCUT2D eigenvalue weighted by atomic mass is 16.5. The molecule has 1 heterocycles. The fourth-order valence-corrected chi connectivity index (χ4v) is 3.28. The molecule has 4 atom stereocenters. The van der Waals surface area contributed by atoms with Crippen LogP contribution in [0.3, 0.4) is 0 Å². The van der Waals surface area contributed by atoms with Crippen LogP contribution in [0.5, 0.6) is 0 Å². The van der Waals surface area contributed by atoms with Gasteiger partial charge in [0.15, 0.2) is 0 Å². The molecule has 4 heteroatoms. The number of carbonyl (C=O) groups is 1. The lowest BCUT2D eigenvalue weighted by Gasteiger charge is -2.30. The van der Waals surface area contributed by atoms with Crippen molar-refractivity contribution in [2.45, 2.75) is 45.2 Å². The van der Waals surface area contributed by atoms with E-state index < -0.39 is 0 Å². The van der Waals surface area contributed by atoms with E-state index in [0.29, 0.717) is 24.5 Å². The number of esters is 1. The molecular formula is C13H24N2O2. The number of nitrogens with two attached hydrogens (primary N) is 1. The van der Waals surface area contributed by atoms with Gasteiger partial charge in [-0.1, -0.05) is 6.42 Å². The first-order chi connectivity index (χ1) is 8.13. The van der Waals surface area contributed by atoms with Crippen molar-refractivity contribution in [2.75, 3.05) is 19.7 Å². The molecule has 4 unspecified atom stereocenters. The Morgan fingerprint density at radius 3 is 2.88 bits per heavy atom. The van der Waals surface area contributed by atoms with E-state index in [-0.39, 0.29) is 12.0 Å². The molecule has 0 bridgehead atoms. The van der Waals surface area contributed by atoms with Crippen molar-refractivity contribution >= 4 is 5.97 Å². The smallest absolute Gasteiger partial charge is 0.323 e. The van der Waals surface area contributed by atoms with Crippen molar-refractivity contribution in [3.8, 4) is 0 Å². The second-order valence-electron chi connectivity index (χ2n) is 5.40. The first-order valence-corrected chi connectivity index (χ1v) is 6.79. The topological polar surface area (TPSA) is 55.6 Å². The monoisotopic (exact) mass is 240 g/mol. The first-order valence-electron chi connectivity index (χ1n) is 6.79. The van der Waals surface area contributed by atoms with Crippen LogP contribution >= 0.6 is 0 Å². The molecule has 1 saturated carbocycles. The number of rotatable bonds is 3. The van der Waals surface area contributed by atoms with Crippen LogP contribution in [0, 0.1) is 11.8 Å². The predicted molar refractivity (Wildman–Crippen MR) is 66.5 cm³/mol. The van der Waals surface area contributed by atoms with E-state index in [1.54, 1.807) is 0 Å². The molecule has 98 valence electrons. The minimum Gasteiger partial charge on any atom is -0.465 e. The standard InChI is InChI=1S/C13H24N2O2/c1-3-17-13(16)9(2)15-7-10-5-4-6-12(14)11(10)8-15/h9-12H,3-8,14H2,1-2H3. The third-order valence-electron chi connectivity index (χ3n) is 4.36. The van der Waals surface area contributed by atoms with Crippen LogP contribution in [0.1, 0.15) is 33.1 Å². The summed E-state index contributed by atoms with van der Waals surface area (Å²) in [5.74, 6) is 1.18. The van der Waals surface area contributed by atoms with Gasteiger partial charge in [-0.3, -0.25) is 9.69 Å². The third-order valence-corrected chi connectivity index (χ3v) is 4.36. The zero-order chi connectivity index (χ0) is 12.4. The van der Waals surface area contributed by atoms with Crippen LogP contribution in [0.4, 0.5) is 0 Å². The summed E-state index contributed by atoms with van der Waals surface area (Å²) in [6, 6.07) is 0.209. The molecule has 0 radical (unpaired) electrons. The molecule has 1 aliphatic carbocycles. The van der Waals surface area contributed by atoms with Gasteiger partial charge in [0.1, 0.15) is 6.04 Å². The molecule has 2 fully saturated rings. The Bertz CT molecular complexity index is 283. The minimum atomic E-state index is -0.118. The lowest BCUT2D eigenvalue weighted by Crippen LogP contribution is -2.40. The summed E-state index contributed by atoms with van der Waals surface area (Å²) in [6.45, 7) is 6.23. The van der Waals surface area contributed by atoms with Crippen molar-refractivity contribution < 1.29 is 9.53 Å². The highest BCUT2D eigenvalue weighted by molar-refractivity contribution is 5.75. The normalized spacial score (nSPS) is 35.4. The fourth-order valence-electron chi connectivity index (χ4n) is 3.28. The van der Waals surface area contributed by atoms with Gasteiger partial charge in [-0.25, -0.2) is 0 Å². The summed E-state index contributed by atoms with van der Waals surface area (Å²) in [4.78, 5) is 14.0. The van der Waals surface area contributed by atoms with Gasteiger partial charge in [0.25, 0.3) is 0 Å². The largest absolute Gasteiger partial charge is 0.465 e. The van der Waals surface area contributed by atoms with Crippen molar-refractivity contribution in [1.82, 2.24) is 4.90 Å². The zero-order valence-electron chi connectivity index (χ0n) is 10.9. The SMILES string of the molecule is CCOC(=O)C(C)N1CC2CCCC(N)C2C1. The summed E-state index contributed by atoms with van der Waals surface area (Å²) < 4.78 is 5.08. The second-order valence-corrected chi connectivity index (χ2v) is 5.40. The number of likely N-dealkylation sites (tertiary alicyclic amines) is 1. The van der Waals surface area contributed by atoms with Crippen LogP contribution in [0.25, 0.3) is 0 Å². The molecule has 17 heavy (non-hydrogen) atoms. The molecular weight excluding hydrogens is 216 g/mol. The molecule has 4 nitrogen and oxygen atoms in total. The maximum absolute atomic E-state index is 11.7. The second kappa shape index (κ2) is 5.36. The summed E-state index contributed by atoms with van der Waals surface area (Å²) in [5.41, 5.74) is 6.17. The van der Waals surface area contributed by atoms with Crippen LogP contribution in [0.2, 0.25) is 0 Å². The summed E-state index contributed by atoms with van der Waals surface area (Å²) in [6.07, 6.45) is 3.65. The Balaban J connectivity index is 1.94. The molecule has 0 aromatic rings. The average molecular weight is 240 g/mol. The molecule has 0 aromatic carbocycles. The van der Waals surface area contributed by atoms with Gasteiger partial charge < -0.3 is 10.5 Å². The molecule has 1 aliphatic heterocycles. The minimum absolute atomic E-state index is 0.0975. The van der Waals surface area contributed by atoms with Gasteiger partial charge in [0.2, 0.25) is 0 Å². The van der Waals surface area contributed by atoms with Crippen LogP contribution in [-0.2, 0) is 9.53 Å². The molecule has 1 saturated heterocycles. The van der Waals surface area contributed by atoms with Crippen LogP contribution in [-0.4, -0.2) is 42.6 Å². The van der Waals surface area contributed by atoms with E-state index in [9.17, 15) is 4.79 Å². The molecule has 2 N–H and O–H groups in total. The van der Waals surface area contributed by atoms with Gasteiger partial charge >= 0.3 is 5.97 Å². The lowest BCUT2D eigenvalue weighted by atomic mass is 9.78. The van der Waals surface area contributed by atoms with E-state index in [1.807, 2.05) is 13.8 Å². The fraction of sp³-hybridized carbons (Fsp3) is 0.923.